The summed E-state index contributed by atoms with van der Waals surface area (Å²) in [4.78, 5) is 11.3. The third kappa shape index (κ3) is 5.76. The van der Waals surface area contributed by atoms with E-state index in [0.29, 0.717) is 39.7 Å². The van der Waals surface area contributed by atoms with Crippen molar-refractivity contribution in [2.24, 2.45) is 0 Å². The van der Waals surface area contributed by atoms with Crippen molar-refractivity contribution in [1.82, 2.24) is 19.9 Å². The molecule has 242 valence electrons. The number of nitrogens with one attached hydrogen (secondary N) is 2. The molecular formula is C32H22N4O9S3. The van der Waals surface area contributed by atoms with E-state index in [0.717, 1.165) is 17.1 Å². The van der Waals surface area contributed by atoms with Crippen LogP contribution in [0.4, 0.5) is 0 Å². The quantitative estimate of drug-likeness (QED) is 0.136. The van der Waals surface area contributed by atoms with E-state index in [-0.39, 0.29) is 16.8 Å². The zero-order valence-electron chi connectivity index (χ0n) is 24.2. The second kappa shape index (κ2) is 11.2. The normalized spacial score (nSPS) is 13.2. The molecule has 0 saturated carbocycles. The minimum atomic E-state index is -5.70. The summed E-state index contributed by atoms with van der Waals surface area (Å²) in [5, 5.41) is 0. The Kier molecular flexibility index (Phi) is 7.31. The fourth-order valence-corrected chi connectivity index (χ4v) is 9.07. The summed E-state index contributed by atoms with van der Waals surface area (Å²) in [6, 6.07) is 21.3. The molecule has 7 rings (SSSR count). The molecule has 8 bridgehead atoms. The number of hydrogen-bond acceptors (Lipinski definition) is 8. The van der Waals surface area contributed by atoms with Gasteiger partial charge in [0.15, 0.2) is 0 Å². The summed E-state index contributed by atoms with van der Waals surface area (Å²) in [6.45, 7) is 0. The maximum atomic E-state index is 12.9. The third-order valence-electron chi connectivity index (χ3n) is 7.60. The van der Waals surface area contributed by atoms with Crippen molar-refractivity contribution in [3.63, 3.8) is 0 Å². The average Bonchev–Trinajstić information content (AvgIpc) is 3.83. The predicted molar refractivity (Wildman–Crippen MR) is 179 cm³/mol. The number of aromatic amines is 2. The lowest BCUT2D eigenvalue weighted by Gasteiger charge is -2.15. The first kappa shape index (κ1) is 31.4. The van der Waals surface area contributed by atoms with Crippen LogP contribution in [-0.4, -0.2) is 58.8 Å². The predicted octanol–water partition coefficient (Wildman–Crippen LogP) is 5.73. The average molecular weight is 703 g/mol. The highest BCUT2D eigenvalue weighted by atomic mass is 32.2. The van der Waals surface area contributed by atoms with Crippen LogP contribution in [0.15, 0.2) is 93.5 Å². The lowest BCUT2D eigenvalue weighted by molar-refractivity contribution is 0.456. The molecule has 0 spiro atoms. The maximum absolute atomic E-state index is 12.9. The van der Waals surface area contributed by atoms with Gasteiger partial charge >= 0.3 is 0 Å². The van der Waals surface area contributed by atoms with Gasteiger partial charge in [-0.25, -0.2) is 9.97 Å². The van der Waals surface area contributed by atoms with Crippen LogP contribution in [0.1, 0.15) is 22.8 Å². The summed E-state index contributed by atoms with van der Waals surface area (Å²) >= 11 is 0. The summed E-state index contributed by atoms with van der Waals surface area (Å²) in [5.41, 5.74) is 4.63. The van der Waals surface area contributed by atoms with Crippen LogP contribution >= 0.6 is 0 Å². The molecule has 2 aliphatic heterocycles. The number of rotatable bonds is 5. The molecule has 2 aromatic carbocycles. The van der Waals surface area contributed by atoms with Crippen LogP contribution < -0.4 is 0 Å². The minimum absolute atomic E-state index is 0.0804. The Hall–Kier alpha value is -5.23. The standard InChI is InChI=1S/C32H22N4O9S3/c37-46(38,39)28-15-10-23(31(47(40,41)42)32(28)48(43,44)45)30-26-12-9-22(35-26)17-20-7-6-19(33-20)16-21-8-11-24(34-21)29(18-4-2-1-3-5-18)25-13-14-27(30)36-25/h1-17,34-35H,(H,37,38,39)(H,40,41,42)(H,43,44,45). The number of nitrogens with zero attached hydrogens (tertiary/aromatic N) is 2. The molecule has 5 aromatic rings. The molecule has 0 atom stereocenters. The minimum Gasteiger partial charge on any atom is -0.355 e. The maximum Gasteiger partial charge on any atom is 0.297 e. The number of aromatic nitrogens is 4. The van der Waals surface area contributed by atoms with Gasteiger partial charge in [-0.05, 0) is 72.3 Å². The molecule has 3 aromatic heterocycles. The Morgan fingerprint density at radius 2 is 1.06 bits per heavy atom. The van der Waals surface area contributed by atoms with E-state index in [4.69, 9.17) is 4.98 Å². The van der Waals surface area contributed by atoms with E-state index in [1.807, 2.05) is 54.6 Å². The van der Waals surface area contributed by atoms with Crippen molar-refractivity contribution in [3.05, 3.63) is 102 Å². The van der Waals surface area contributed by atoms with Crippen LogP contribution in [0.25, 0.3) is 68.6 Å². The van der Waals surface area contributed by atoms with Crippen LogP contribution in [0.5, 0.6) is 0 Å². The van der Waals surface area contributed by atoms with Gasteiger partial charge in [-0.3, -0.25) is 13.7 Å². The van der Waals surface area contributed by atoms with E-state index < -0.39 is 50.6 Å². The SMILES string of the molecule is O=S(=O)(O)c1ccc(-c2c3nc(c(-c4ccccc4)c4ccc(cc5nc(cc6ccc2[nH]6)C=C5)[nH]4)C=C3)c(S(=O)(=O)O)c1S(=O)(=O)O. The van der Waals surface area contributed by atoms with E-state index in [1.165, 1.54) is 6.08 Å². The summed E-state index contributed by atoms with van der Waals surface area (Å²) < 4.78 is 106. The molecule has 13 nitrogen and oxygen atoms in total. The third-order valence-corrected chi connectivity index (χ3v) is 10.6. The van der Waals surface area contributed by atoms with Gasteiger partial charge < -0.3 is 9.97 Å². The van der Waals surface area contributed by atoms with Crippen molar-refractivity contribution in [2.75, 3.05) is 0 Å². The van der Waals surface area contributed by atoms with E-state index in [9.17, 15) is 38.9 Å². The summed E-state index contributed by atoms with van der Waals surface area (Å²) in [5.74, 6) is 0. The second-order valence-electron chi connectivity index (χ2n) is 10.8. The van der Waals surface area contributed by atoms with Crippen molar-refractivity contribution < 1.29 is 38.9 Å². The fraction of sp³-hybridized carbons (Fsp3) is 0. The van der Waals surface area contributed by atoms with Crippen molar-refractivity contribution in [3.8, 4) is 22.3 Å². The van der Waals surface area contributed by atoms with E-state index in [2.05, 4.69) is 15.0 Å². The van der Waals surface area contributed by atoms with Crippen LogP contribution in [0.2, 0.25) is 0 Å². The zero-order chi connectivity index (χ0) is 34.0. The first-order valence-corrected chi connectivity index (χ1v) is 18.2. The fourth-order valence-electron chi connectivity index (χ4n) is 5.71. The van der Waals surface area contributed by atoms with Crippen molar-refractivity contribution >= 4 is 76.7 Å². The van der Waals surface area contributed by atoms with Crippen LogP contribution in [0.3, 0.4) is 0 Å². The number of hydrogen-bond donors (Lipinski definition) is 5. The van der Waals surface area contributed by atoms with Gasteiger partial charge in [0.05, 0.1) is 22.8 Å². The molecule has 2 aliphatic rings. The Morgan fingerprint density at radius 3 is 1.60 bits per heavy atom. The Bertz CT molecular complexity index is 2750. The van der Waals surface area contributed by atoms with Gasteiger partial charge in [0.1, 0.15) is 14.7 Å². The molecule has 0 unspecified atom stereocenters. The van der Waals surface area contributed by atoms with E-state index >= 15 is 0 Å². The van der Waals surface area contributed by atoms with Gasteiger partial charge in [-0.1, -0.05) is 36.4 Å². The van der Waals surface area contributed by atoms with Gasteiger partial charge in [0.2, 0.25) is 0 Å². The zero-order valence-corrected chi connectivity index (χ0v) is 26.7. The van der Waals surface area contributed by atoms with Crippen LogP contribution in [0, 0.1) is 0 Å². The molecule has 0 aliphatic carbocycles. The Labute approximate surface area is 273 Å². The van der Waals surface area contributed by atoms with Gasteiger partial charge in [-0.15, -0.1) is 0 Å². The number of H-pyrrole nitrogens is 2. The molecule has 5 N–H and O–H groups in total. The van der Waals surface area contributed by atoms with Gasteiger partial charge in [0, 0.05) is 38.8 Å². The van der Waals surface area contributed by atoms with Crippen molar-refractivity contribution in [1.29, 1.82) is 0 Å². The molecule has 0 amide bonds. The molecular weight excluding hydrogens is 681 g/mol. The van der Waals surface area contributed by atoms with Gasteiger partial charge in [-0.2, -0.15) is 25.3 Å². The first-order chi connectivity index (χ1) is 22.7. The lowest BCUT2D eigenvalue weighted by atomic mass is 10.0. The van der Waals surface area contributed by atoms with Crippen LogP contribution in [-0.2, 0) is 30.4 Å². The van der Waals surface area contributed by atoms with Gasteiger partial charge in [0.25, 0.3) is 30.4 Å². The largest absolute Gasteiger partial charge is 0.355 e. The highest BCUT2D eigenvalue weighted by Gasteiger charge is 2.36. The second-order valence-corrected chi connectivity index (χ2v) is 14.9. The molecule has 5 heterocycles. The highest BCUT2D eigenvalue weighted by Crippen LogP contribution is 2.41. The highest BCUT2D eigenvalue weighted by molar-refractivity contribution is 7.90. The topological polar surface area (TPSA) is 220 Å². The monoisotopic (exact) mass is 702 g/mol. The Balaban J connectivity index is 1.71. The number of fused-ring (bicyclic) bond motifs is 8. The summed E-state index contributed by atoms with van der Waals surface area (Å²) in [6.07, 6.45) is 6.80. The molecule has 16 heteroatoms. The Morgan fingerprint density at radius 1 is 0.521 bits per heavy atom. The number of benzene rings is 2. The molecule has 0 fully saturated rings. The molecule has 0 saturated heterocycles. The van der Waals surface area contributed by atoms with Crippen molar-refractivity contribution in [2.45, 2.75) is 14.7 Å². The lowest BCUT2D eigenvalue weighted by Crippen LogP contribution is -2.15. The molecule has 48 heavy (non-hydrogen) atoms. The molecule has 0 radical (unpaired) electrons. The smallest absolute Gasteiger partial charge is 0.297 e. The van der Waals surface area contributed by atoms with E-state index in [1.54, 1.807) is 30.4 Å². The summed E-state index contributed by atoms with van der Waals surface area (Å²) in [7, 11) is -16.7. The first-order valence-electron chi connectivity index (χ1n) is 13.9.